The van der Waals surface area contributed by atoms with Crippen LogP contribution in [-0.4, -0.2) is 19.8 Å². The molecule has 0 fully saturated rings. The van der Waals surface area contributed by atoms with Crippen molar-refractivity contribution in [2.75, 3.05) is 0 Å². The van der Waals surface area contributed by atoms with Crippen LogP contribution < -0.4 is 11.3 Å². The van der Waals surface area contributed by atoms with Gasteiger partial charge in [-0.3, -0.25) is 20.0 Å². The van der Waals surface area contributed by atoms with Crippen LogP contribution in [0, 0.1) is 45.6 Å². The Kier molecular flexibility index (Phi) is 4.96. The van der Waals surface area contributed by atoms with Crippen molar-refractivity contribution in [1.29, 1.82) is 10.5 Å². The van der Waals surface area contributed by atoms with Crippen LogP contribution in [0.2, 0.25) is 0 Å². The maximum Gasteiger partial charge on any atom is 0.277 e. The number of hydrogen-bond donors (Lipinski definition) is 2. The fourth-order valence-corrected chi connectivity index (χ4v) is 2.72. The van der Waals surface area contributed by atoms with Gasteiger partial charge in [-0.05, 0) is 24.7 Å². The van der Waals surface area contributed by atoms with E-state index in [-0.39, 0.29) is 16.4 Å². The van der Waals surface area contributed by atoms with E-state index in [1.807, 2.05) is 12.1 Å². The van der Waals surface area contributed by atoms with Gasteiger partial charge in [-0.2, -0.15) is 15.2 Å². The average Bonchev–Trinajstić information content (AvgIpc) is 2.87. The summed E-state index contributed by atoms with van der Waals surface area (Å²) in [4.78, 5) is 22.8. The summed E-state index contributed by atoms with van der Waals surface area (Å²) in [5, 5.41) is 31.9. The smallest absolute Gasteiger partial charge is 0.277 e. The van der Waals surface area contributed by atoms with E-state index in [0.717, 1.165) is 4.68 Å². The predicted molar refractivity (Wildman–Crippen MR) is 91.6 cm³/mol. The van der Waals surface area contributed by atoms with Gasteiger partial charge >= 0.3 is 0 Å². The predicted octanol–water partition coefficient (Wildman–Crippen LogP) is 1.28. The Morgan fingerprint density at radius 2 is 1.92 bits per heavy atom. The minimum atomic E-state index is -1.18. The molecule has 2 aromatic rings. The molecule has 25 heavy (non-hydrogen) atoms. The molecule has 126 valence electrons. The number of nitrogens with zero attached hydrogens (tertiary/aromatic N) is 4. The highest BCUT2D eigenvalue weighted by Crippen LogP contribution is 2.32. The summed E-state index contributed by atoms with van der Waals surface area (Å²) in [6.45, 7) is 1.59. The maximum absolute atomic E-state index is 12.6. The quantitative estimate of drug-likeness (QED) is 0.475. The lowest BCUT2D eigenvalue weighted by Crippen LogP contribution is -2.32. The summed E-state index contributed by atoms with van der Waals surface area (Å²) in [5.41, 5.74) is 5.77. The van der Waals surface area contributed by atoms with Gasteiger partial charge in [0.25, 0.3) is 11.2 Å². The van der Waals surface area contributed by atoms with E-state index in [0.29, 0.717) is 11.3 Å². The number of nitrogens with one attached hydrogen (secondary N) is 1. The van der Waals surface area contributed by atoms with Crippen LogP contribution in [-0.2, 0) is 0 Å². The van der Waals surface area contributed by atoms with Gasteiger partial charge in [0.05, 0.1) is 17.1 Å². The Morgan fingerprint density at radius 1 is 1.36 bits per heavy atom. The van der Waals surface area contributed by atoms with Crippen molar-refractivity contribution >= 4 is 23.0 Å². The van der Waals surface area contributed by atoms with E-state index in [4.69, 9.17) is 18.0 Å². The van der Waals surface area contributed by atoms with Crippen molar-refractivity contribution in [3.8, 4) is 12.1 Å². The number of hydrogen-bond acceptors (Lipinski definition) is 6. The van der Waals surface area contributed by atoms with Gasteiger partial charge in [0.2, 0.25) is 0 Å². The third-order valence-corrected chi connectivity index (χ3v) is 3.91. The van der Waals surface area contributed by atoms with Crippen LogP contribution in [0.4, 0.5) is 5.69 Å². The van der Waals surface area contributed by atoms with E-state index >= 15 is 0 Å². The molecular weight excluding hydrogens is 344 g/mol. The van der Waals surface area contributed by atoms with Crippen LogP contribution >= 0.6 is 12.2 Å². The first kappa shape index (κ1) is 17.8. The Balaban J connectivity index is 2.69. The van der Waals surface area contributed by atoms with E-state index in [1.165, 1.54) is 24.3 Å². The van der Waals surface area contributed by atoms with Crippen molar-refractivity contribution in [1.82, 2.24) is 9.78 Å². The monoisotopic (exact) mass is 356 g/mol. The molecule has 0 amide bonds. The SMILES string of the molecule is Cc1[nH]n(C(N)=S)c(=O)c1[C@@H](c1ccc([N+](=O)[O-])cc1)C(C#N)C#N. The summed E-state index contributed by atoms with van der Waals surface area (Å²) in [6.07, 6.45) is 0. The normalized spacial score (nSPS) is 11.5. The third kappa shape index (κ3) is 3.24. The van der Waals surface area contributed by atoms with E-state index in [9.17, 15) is 25.4 Å². The second-order valence-electron chi connectivity index (χ2n) is 5.19. The minimum Gasteiger partial charge on any atom is -0.374 e. The zero-order chi connectivity index (χ0) is 18.7. The number of H-pyrrole nitrogens is 1. The molecule has 10 heteroatoms. The van der Waals surface area contributed by atoms with Crippen molar-refractivity contribution in [2.45, 2.75) is 12.8 Å². The highest BCUT2D eigenvalue weighted by molar-refractivity contribution is 7.80. The molecule has 0 spiro atoms. The molecule has 2 rings (SSSR count). The molecule has 0 saturated heterocycles. The molecule has 1 atom stereocenters. The van der Waals surface area contributed by atoms with Crippen LogP contribution in [0.15, 0.2) is 29.1 Å². The van der Waals surface area contributed by atoms with Gasteiger partial charge in [-0.1, -0.05) is 12.1 Å². The number of aromatic amines is 1. The number of rotatable bonds is 4. The van der Waals surface area contributed by atoms with Crippen LogP contribution in [0.25, 0.3) is 0 Å². The number of non-ortho nitro benzene ring substituents is 1. The summed E-state index contributed by atoms with van der Waals surface area (Å²) < 4.78 is 0.949. The molecule has 0 saturated carbocycles. The first-order valence-electron chi connectivity index (χ1n) is 6.96. The number of aryl methyl sites for hydroxylation is 1. The number of thiocarbonyl (C=S) groups is 1. The molecule has 0 aliphatic carbocycles. The molecule has 0 aliphatic rings. The van der Waals surface area contributed by atoms with Crippen LogP contribution in [0.3, 0.4) is 0 Å². The van der Waals surface area contributed by atoms with E-state index in [2.05, 4.69) is 5.10 Å². The van der Waals surface area contributed by atoms with Crippen LogP contribution in [0.5, 0.6) is 0 Å². The Hall–Kier alpha value is -3.50. The molecule has 1 heterocycles. The Labute approximate surface area is 147 Å². The molecule has 1 aromatic carbocycles. The average molecular weight is 356 g/mol. The number of nitriles is 2. The first-order valence-corrected chi connectivity index (χ1v) is 7.37. The third-order valence-electron chi connectivity index (χ3n) is 3.72. The molecule has 0 unspecified atom stereocenters. The zero-order valence-electron chi connectivity index (χ0n) is 13.0. The molecule has 0 bridgehead atoms. The fourth-order valence-electron chi connectivity index (χ4n) is 2.59. The summed E-state index contributed by atoms with van der Waals surface area (Å²) >= 11 is 4.80. The summed E-state index contributed by atoms with van der Waals surface area (Å²) in [5.74, 6) is -2.08. The van der Waals surface area contributed by atoms with Crippen molar-refractivity contribution in [2.24, 2.45) is 11.7 Å². The first-order chi connectivity index (χ1) is 11.8. The molecular formula is C15H12N6O3S. The zero-order valence-corrected chi connectivity index (χ0v) is 13.8. The number of aromatic nitrogens is 2. The number of nitrogens with two attached hydrogens (primary N) is 1. The largest absolute Gasteiger partial charge is 0.374 e. The lowest BCUT2D eigenvalue weighted by molar-refractivity contribution is -0.384. The molecule has 1 aromatic heterocycles. The van der Waals surface area contributed by atoms with E-state index in [1.54, 1.807) is 6.92 Å². The van der Waals surface area contributed by atoms with Crippen LogP contribution in [0.1, 0.15) is 22.7 Å². The second kappa shape index (κ2) is 6.95. The van der Waals surface area contributed by atoms with E-state index < -0.39 is 22.3 Å². The van der Waals surface area contributed by atoms with Crippen molar-refractivity contribution in [3.63, 3.8) is 0 Å². The standard InChI is InChI=1S/C15H12N6O3S/c1-8-12(14(22)20(19-8)15(18)25)13(10(6-16)7-17)9-2-4-11(5-3-9)21(23)24/h2-5,10,13,19H,1H3,(H2,18,25)/t13-/m0/s1. The lowest BCUT2D eigenvalue weighted by atomic mass is 9.82. The van der Waals surface area contributed by atoms with Gasteiger partial charge in [-0.25, -0.2) is 0 Å². The topological polar surface area (TPSA) is 155 Å². The molecule has 9 nitrogen and oxygen atoms in total. The van der Waals surface area contributed by atoms with Gasteiger partial charge in [0.1, 0.15) is 5.92 Å². The second-order valence-corrected chi connectivity index (χ2v) is 5.61. The summed E-state index contributed by atoms with van der Waals surface area (Å²) in [6, 6.07) is 9.06. The van der Waals surface area contributed by atoms with Gasteiger partial charge in [-0.15, -0.1) is 0 Å². The molecule has 0 radical (unpaired) electrons. The fraction of sp³-hybridized carbons (Fsp3) is 0.200. The highest BCUT2D eigenvalue weighted by atomic mass is 32.1. The molecule has 3 N–H and O–H groups in total. The van der Waals surface area contributed by atoms with Gasteiger partial charge < -0.3 is 5.73 Å². The van der Waals surface area contributed by atoms with Gasteiger partial charge in [0, 0.05) is 29.3 Å². The number of nitro benzene ring substituents is 1. The Morgan fingerprint density at radius 3 is 2.32 bits per heavy atom. The number of benzene rings is 1. The minimum absolute atomic E-state index is 0.140. The lowest BCUT2D eigenvalue weighted by Gasteiger charge is -2.16. The van der Waals surface area contributed by atoms with Gasteiger partial charge in [0.15, 0.2) is 5.11 Å². The highest BCUT2D eigenvalue weighted by Gasteiger charge is 2.31. The van der Waals surface area contributed by atoms with Crippen molar-refractivity contribution in [3.05, 3.63) is 61.6 Å². The maximum atomic E-state index is 12.6. The Bertz CT molecular complexity index is 963. The van der Waals surface area contributed by atoms with Crippen molar-refractivity contribution < 1.29 is 4.92 Å². The summed E-state index contributed by atoms with van der Waals surface area (Å²) in [7, 11) is 0. The number of nitro groups is 1. The molecule has 0 aliphatic heterocycles.